The minimum Gasteiger partial charge on any atom is -0.465 e. The SMILES string of the molecule is COC(=O)Nc1ccc(-c2ccccc2C(=O)OC)cc1. The highest BCUT2D eigenvalue weighted by atomic mass is 16.5. The molecule has 0 aliphatic rings. The Labute approximate surface area is 122 Å². The van der Waals surface area contributed by atoms with Crippen LogP contribution in [0.15, 0.2) is 48.5 Å². The summed E-state index contributed by atoms with van der Waals surface area (Å²) >= 11 is 0. The monoisotopic (exact) mass is 285 g/mol. The fourth-order valence-electron chi connectivity index (χ4n) is 1.92. The molecule has 0 aliphatic heterocycles. The van der Waals surface area contributed by atoms with Crippen molar-refractivity contribution in [1.29, 1.82) is 0 Å². The van der Waals surface area contributed by atoms with Crippen molar-refractivity contribution in [1.82, 2.24) is 0 Å². The third kappa shape index (κ3) is 3.39. The predicted octanol–water partition coefficient (Wildman–Crippen LogP) is 3.32. The van der Waals surface area contributed by atoms with Gasteiger partial charge in [-0.2, -0.15) is 0 Å². The molecule has 2 aromatic carbocycles. The Morgan fingerprint density at radius 2 is 1.57 bits per heavy atom. The maximum absolute atomic E-state index is 11.8. The minimum atomic E-state index is -0.530. The lowest BCUT2D eigenvalue weighted by Crippen LogP contribution is -2.10. The molecule has 0 aliphatic carbocycles. The van der Waals surface area contributed by atoms with E-state index in [-0.39, 0.29) is 5.97 Å². The van der Waals surface area contributed by atoms with Crippen molar-refractivity contribution in [2.24, 2.45) is 0 Å². The molecule has 0 spiro atoms. The van der Waals surface area contributed by atoms with Crippen LogP contribution < -0.4 is 5.32 Å². The van der Waals surface area contributed by atoms with Gasteiger partial charge >= 0.3 is 12.1 Å². The molecule has 108 valence electrons. The highest BCUT2D eigenvalue weighted by molar-refractivity contribution is 5.97. The molecule has 0 heterocycles. The molecule has 0 aromatic heterocycles. The normalized spacial score (nSPS) is 9.81. The van der Waals surface area contributed by atoms with Crippen molar-refractivity contribution in [2.45, 2.75) is 0 Å². The zero-order valence-electron chi connectivity index (χ0n) is 11.8. The standard InChI is InChI=1S/C16H15NO4/c1-20-15(18)14-6-4-3-5-13(14)11-7-9-12(10-8-11)17-16(19)21-2/h3-10H,1-2H3,(H,17,19). The Bertz CT molecular complexity index is 650. The van der Waals surface area contributed by atoms with Gasteiger partial charge < -0.3 is 9.47 Å². The molecule has 2 aromatic rings. The number of ether oxygens (including phenoxy) is 2. The van der Waals surface area contributed by atoms with Gasteiger partial charge in [-0.15, -0.1) is 0 Å². The Morgan fingerprint density at radius 3 is 2.19 bits per heavy atom. The summed E-state index contributed by atoms with van der Waals surface area (Å²) < 4.78 is 9.30. The van der Waals surface area contributed by atoms with E-state index in [1.807, 2.05) is 24.3 Å². The summed E-state index contributed by atoms with van der Waals surface area (Å²) in [6, 6.07) is 14.3. The van der Waals surface area contributed by atoms with Crippen LogP contribution in [0.5, 0.6) is 0 Å². The second kappa shape index (κ2) is 6.56. The summed E-state index contributed by atoms with van der Waals surface area (Å²) in [6.45, 7) is 0. The molecule has 0 saturated carbocycles. The van der Waals surface area contributed by atoms with Crippen LogP contribution in [0.3, 0.4) is 0 Å². The number of esters is 1. The number of benzene rings is 2. The quantitative estimate of drug-likeness (QED) is 0.879. The number of carbonyl (C=O) groups excluding carboxylic acids is 2. The van der Waals surface area contributed by atoms with Gasteiger partial charge in [0.15, 0.2) is 0 Å². The van der Waals surface area contributed by atoms with E-state index in [2.05, 4.69) is 10.1 Å². The van der Waals surface area contributed by atoms with Crippen molar-refractivity contribution >= 4 is 17.7 Å². The van der Waals surface area contributed by atoms with Gasteiger partial charge in [0.2, 0.25) is 0 Å². The van der Waals surface area contributed by atoms with Crippen LogP contribution in [-0.2, 0) is 9.47 Å². The van der Waals surface area contributed by atoms with Crippen molar-refractivity contribution in [3.05, 3.63) is 54.1 Å². The predicted molar refractivity (Wildman–Crippen MR) is 79.2 cm³/mol. The lowest BCUT2D eigenvalue weighted by atomic mass is 9.99. The second-order valence-electron chi connectivity index (χ2n) is 4.23. The molecule has 0 atom stereocenters. The number of amides is 1. The minimum absolute atomic E-state index is 0.387. The zero-order valence-corrected chi connectivity index (χ0v) is 11.8. The average molecular weight is 285 g/mol. The molecule has 5 nitrogen and oxygen atoms in total. The Balaban J connectivity index is 2.31. The molecule has 5 heteroatoms. The van der Waals surface area contributed by atoms with Gasteiger partial charge in [-0.05, 0) is 29.3 Å². The van der Waals surface area contributed by atoms with Crippen molar-refractivity contribution < 1.29 is 19.1 Å². The molecular weight excluding hydrogens is 270 g/mol. The van der Waals surface area contributed by atoms with E-state index in [0.29, 0.717) is 11.3 Å². The number of hydrogen-bond donors (Lipinski definition) is 1. The number of hydrogen-bond acceptors (Lipinski definition) is 4. The smallest absolute Gasteiger partial charge is 0.411 e. The molecule has 1 N–H and O–H groups in total. The van der Waals surface area contributed by atoms with Gasteiger partial charge in [0.25, 0.3) is 0 Å². The highest BCUT2D eigenvalue weighted by Gasteiger charge is 2.12. The maximum atomic E-state index is 11.8. The molecule has 0 radical (unpaired) electrons. The second-order valence-corrected chi connectivity index (χ2v) is 4.23. The van der Waals surface area contributed by atoms with Crippen LogP contribution in [0, 0.1) is 0 Å². The van der Waals surface area contributed by atoms with Crippen molar-refractivity contribution in [3.63, 3.8) is 0 Å². The molecule has 21 heavy (non-hydrogen) atoms. The molecular formula is C16H15NO4. The van der Waals surface area contributed by atoms with Crippen LogP contribution in [-0.4, -0.2) is 26.3 Å². The zero-order chi connectivity index (χ0) is 15.2. The van der Waals surface area contributed by atoms with E-state index in [0.717, 1.165) is 11.1 Å². The molecule has 0 saturated heterocycles. The molecule has 1 amide bonds. The van der Waals surface area contributed by atoms with Crippen LogP contribution in [0.4, 0.5) is 10.5 Å². The van der Waals surface area contributed by atoms with Crippen LogP contribution >= 0.6 is 0 Å². The van der Waals surface area contributed by atoms with Gasteiger partial charge in [-0.3, -0.25) is 5.32 Å². The molecule has 2 rings (SSSR count). The average Bonchev–Trinajstić information content (AvgIpc) is 2.54. The van der Waals surface area contributed by atoms with Gasteiger partial charge in [0.05, 0.1) is 19.8 Å². The number of anilines is 1. The van der Waals surface area contributed by atoms with E-state index in [9.17, 15) is 9.59 Å². The van der Waals surface area contributed by atoms with Gasteiger partial charge in [-0.25, -0.2) is 9.59 Å². The Morgan fingerprint density at radius 1 is 0.905 bits per heavy atom. The topological polar surface area (TPSA) is 64.6 Å². The van der Waals surface area contributed by atoms with Crippen molar-refractivity contribution in [3.8, 4) is 11.1 Å². The molecule has 0 fully saturated rings. The fraction of sp³-hybridized carbons (Fsp3) is 0.125. The van der Waals surface area contributed by atoms with E-state index in [1.165, 1.54) is 14.2 Å². The van der Waals surface area contributed by atoms with E-state index in [4.69, 9.17) is 4.74 Å². The van der Waals surface area contributed by atoms with Crippen molar-refractivity contribution in [2.75, 3.05) is 19.5 Å². The molecule has 0 unspecified atom stereocenters. The summed E-state index contributed by atoms with van der Waals surface area (Å²) in [5, 5.41) is 2.57. The summed E-state index contributed by atoms with van der Waals surface area (Å²) in [7, 11) is 2.65. The third-order valence-electron chi connectivity index (χ3n) is 2.96. The summed E-state index contributed by atoms with van der Waals surface area (Å²) in [5.41, 5.74) is 2.73. The Kier molecular flexibility index (Phi) is 4.56. The summed E-state index contributed by atoms with van der Waals surface area (Å²) in [4.78, 5) is 22.9. The number of nitrogens with one attached hydrogen (secondary N) is 1. The first kappa shape index (κ1) is 14.6. The third-order valence-corrected chi connectivity index (χ3v) is 2.96. The first-order chi connectivity index (χ1) is 10.2. The first-order valence-corrected chi connectivity index (χ1v) is 6.28. The van der Waals surface area contributed by atoms with Gasteiger partial charge in [0.1, 0.15) is 0 Å². The van der Waals surface area contributed by atoms with Gasteiger partial charge in [0, 0.05) is 5.69 Å². The summed E-state index contributed by atoms with van der Waals surface area (Å²) in [6.07, 6.45) is -0.530. The highest BCUT2D eigenvalue weighted by Crippen LogP contribution is 2.25. The largest absolute Gasteiger partial charge is 0.465 e. The first-order valence-electron chi connectivity index (χ1n) is 6.28. The van der Waals surface area contributed by atoms with E-state index < -0.39 is 6.09 Å². The van der Waals surface area contributed by atoms with Crippen LogP contribution in [0.1, 0.15) is 10.4 Å². The lowest BCUT2D eigenvalue weighted by Gasteiger charge is -2.09. The number of carbonyl (C=O) groups is 2. The maximum Gasteiger partial charge on any atom is 0.411 e. The van der Waals surface area contributed by atoms with E-state index in [1.54, 1.807) is 24.3 Å². The summed E-state index contributed by atoms with van der Waals surface area (Å²) in [5.74, 6) is -0.387. The van der Waals surface area contributed by atoms with Gasteiger partial charge in [-0.1, -0.05) is 30.3 Å². The number of rotatable bonds is 3. The van der Waals surface area contributed by atoms with Crippen LogP contribution in [0.2, 0.25) is 0 Å². The Hall–Kier alpha value is -2.82. The number of methoxy groups -OCH3 is 2. The molecule has 0 bridgehead atoms. The van der Waals surface area contributed by atoms with Crippen LogP contribution in [0.25, 0.3) is 11.1 Å². The van der Waals surface area contributed by atoms with E-state index >= 15 is 0 Å². The fourth-order valence-corrected chi connectivity index (χ4v) is 1.92. The lowest BCUT2D eigenvalue weighted by molar-refractivity contribution is 0.0601.